The third kappa shape index (κ3) is 4.93. The third-order valence-corrected chi connectivity index (χ3v) is 4.40. The quantitative estimate of drug-likeness (QED) is 0.868. The van der Waals surface area contributed by atoms with Gasteiger partial charge < -0.3 is 5.73 Å². The second-order valence-electron chi connectivity index (χ2n) is 5.94. The van der Waals surface area contributed by atoms with E-state index in [0.29, 0.717) is 17.9 Å². The second kappa shape index (κ2) is 6.03. The van der Waals surface area contributed by atoms with Crippen molar-refractivity contribution in [2.75, 3.05) is 6.54 Å². The summed E-state index contributed by atoms with van der Waals surface area (Å²) < 4.78 is 26.6. The minimum atomic E-state index is -3.42. The van der Waals surface area contributed by atoms with E-state index in [2.05, 4.69) is 25.5 Å². The molecule has 0 radical (unpaired) electrons. The maximum atomic E-state index is 12.0. The van der Waals surface area contributed by atoms with Gasteiger partial charge in [0.25, 0.3) is 0 Å². The van der Waals surface area contributed by atoms with Crippen LogP contribution in [0, 0.1) is 0 Å². The molecule has 4 nitrogen and oxygen atoms in total. The lowest BCUT2D eigenvalue weighted by atomic mass is 9.87. The standard InChI is InChI=1S/C14H24N2O2S/c1-11(15)9-10-16-19(17,18)13-7-5-12(6-8-13)14(2,3)4/h5-8,11,16H,9-10,15H2,1-4H3. The maximum absolute atomic E-state index is 12.0. The van der Waals surface area contributed by atoms with Crippen LogP contribution in [0.25, 0.3) is 0 Å². The highest BCUT2D eigenvalue weighted by Gasteiger charge is 2.17. The van der Waals surface area contributed by atoms with Crippen LogP contribution < -0.4 is 10.5 Å². The normalized spacial score (nSPS) is 14.4. The van der Waals surface area contributed by atoms with E-state index in [0.717, 1.165) is 5.56 Å². The molecule has 1 unspecified atom stereocenters. The number of hydrogen-bond acceptors (Lipinski definition) is 3. The van der Waals surface area contributed by atoms with Crippen molar-refractivity contribution in [3.8, 4) is 0 Å². The monoisotopic (exact) mass is 284 g/mol. The van der Waals surface area contributed by atoms with E-state index < -0.39 is 10.0 Å². The summed E-state index contributed by atoms with van der Waals surface area (Å²) >= 11 is 0. The fraction of sp³-hybridized carbons (Fsp3) is 0.571. The average Bonchev–Trinajstić information content (AvgIpc) is 2.27. The molecule has 0 saturated carbocycles. The number of nitrogens with one attached hydrogen (secondary N) is 1. The molecule has 1 rings (SSSR count). The van der Waals surface area contributed by atoms with E-state index in [1.54, 1.807) is 12.1 Å². The predicted octanol–water partition coefficient (Wildman–Crippen LogP) is 2.00. The topological polar surface area (TPSA) is 72.2 Å². The van der Waals surface area contributed by atoms with Crippen LogP contribution >= 0.6 is 0 Å². The molecule has 0 spiro atoms. The Balaban J connectivity index is 2.80. The lowest BCUT2D eigenvalue weighted by molar-refractivity contribution is 0.570. The Labute approximate surface area is 116 Å². The average molecular weight is 284 g/mol. The number of hydrogen-bond donors (Lipinski definition) is 2. The molecule has 0 aliphatic carbocycles. The van der Waals surface area contributed by atoms with Gasteiger partial charge in [-0.2, -0.15) is 0 Å². The summed E-state index contributed by atoms with van der Waals surface area (Å²) in [5, 5.41) is 0. The van der Waals surface area contributed by atoms with Crippen LogP contribution in [0.2, 0.25) is 0 Å². The van der Waals surface area contributed by atoms with Crippen LogP contribution in [-0.2, 0) is 15.4 Å². The summed E-state index contributed by atoms with van der Waals surface area (Å²) in [7, 11) is -3.42. The van der Waals surface area contributed by atoms with Crippen molar-refractivity contribution in [3.63, 3.8) is 0 Å². The predicted molar refractivity (Wildman–Crippen MR) is 78.6 cm³/mol. The van der Waals surface area contributed by atoms with Crippen molar-refractivity contribution in [1.82, 2.24) is 4.72 Å². The summed E-state index contributed by atoms with van der Waals surface area (Å²) in [6, 6.07) is 7.01. The first-order valence-electron chi connectivity index (χ1n) is 6.49. The number of sulfonamides is 1. The van der Waals surface area contributed by atoms with Gasteiger partial charge >= 0.3 is 0 Å². The molecular weight excluding hydrogens is 260 g/mol. The number of rotatable bonds is 5. The molecule has 1 atom stereocenters. The first kappa shape index (κ1) is 16.1. The number of nitrogens with two attached hydrogens (primary N) is 1. The molecule has 0 aromatic heterocycles. The largest absolute Gasteiger partial charge is 0.328 e. The van der Waals surface area contributed by atoms with Gasteiger partial charge in [0.15, 0.2) is 0 Å². The summed E-state index contributed by atoms with van der Waals surface area (Å²) in [6.45, 7) is 8.50. The SMILES string of the molecule is CC(N)CCNS(=O)(=O)c1ccc(C(C)(C)C)cc1. The van der Waals surface area contributed by atoms with E-state index in [-0.39, 0.29) is 11.5 Å². The van der Waals surface area contributed by atoms with E-state index >= 15 is 0 Å². The molecule has 1 aromatic carbocycles. The highest BCUT2D eigenvalue weighted by atomic mass is 32.2. The van der Waals surface area contributed by atoms with Crippen molar-refractivity contribution in [3.05, 3.63) is 29.8 Å². The van der Waals surface area contributed by atoms with Crippen LogP contribution in [0.15, 0.2) is 29.2 Å². The van der Waals surface area contributed by atoms with Crippen LogP contribution in [-0.4, -0.2) is 21.0 Å². The minimum absolute atomic E-state index is 0.00836. The zero-order chi connectivity index (χ0) is 14.7. The molecule has 0 saturated heterocycles. The van der Waals surface area contributed by atoms with Crippen molar-refractivity contribution >= 4 is 10.0 Å². The third-order valence-electron chi connectivity index (χ3n) is 2.92. The van der Waals surface area contributed by atoms with E-state index in [4.69, 9.17) is 5.73 Å². The highest BCUT2D eigenvalue weighted by Crippen LogP contribution is 2.23. The zero-order valence-electron chi connectivity index (χ0n) is 12.1. The van der Waals surface area contributed by atoms with Gasteiger partial charge in [-0.3, -0.25) is 0 Å². The van der Waals surface area contributed by atoms with Crippen LogP contribution in [0.3, 0.4) is 0 Å². The second-order valence-corrected chi connectivity index (χ2v) is 7.71. The molecule has 19 heavy (non-hydrogen) atoms. The Kier molecular flexibility index (Phi) is 5.12. The Morgan fingerprint density at radius 2 is 1.74 bits per heavy atom. The van der Waals surface area contributed by atoms with Gasteiger partial charge in [-0.15, -0.1) is 0 Å². The minimum Gasteiger partial charge on any atom is -0.328 e. The van der Waals surface area contributed by atoms with Gasteiger partial charge in [0.05, 0.1) is 4.90 Å². The molecule has 0 bridgehead atoms. The smallest absolute Gasteiger partial charge is 0.240 e. The van der Waals surface area contributed by atoms with Gasteiger partial charge in [0, 0.05) is 12.6 Å². The summed E-state index contributed by atoms with van der Waals surface area (Å²) in [6.07, 6.45) is 0.624. The Bertz CT molecular complexity index is 499. The summed E-state index contributed by atoms with van der Waals surface area (Å²) in [5.74, 6) is 0. The van der Waals surface area contributed by atoms with E-state index in [9.17, 15) is 8.42 Å². The van der Waals surface area contributed by atoms with Gasteiger partial charge in [-0.1, -0.05) is 32.9 Å². The summed E-state index contributed by atoms with van der Waals surface area (Å²) in [4.78, 5) is 0.296. The molecule has 0 aliphatic heterocycles. The molecular formula is C14H24N2O2S. The molecule has 5 heteroatoms. The van der Waals surface area contributed by atoms with E-state index in [1.165, 1.54) is 0 Å². The molecule has 0 fully saturated rings. The van der Waals surface area contributed by atoms with Crippen molar-refractivity contribution in [1.29, 1.82) is 0 Å². The van der Waals surface area contributed by atoms with Crippen molar-refractivity contribution in [2.24, 2.45) is 5.73 Å². The zero-order valence-corrected chi connectivity index (χ0v) is 12.9. The molecule has 1 aromatic rings. The van der Waals surface area contributed by atoms with Crippen LogP contribution in [0.1, 0.15) is 39.7 Å². The Morgan fingerprint density at radius 1 is 1.21 bits per heavy atom. The van der Waals surface area contributed by atoms with Gasteiger partial charge in [0.2, 0.25) is 10.0 Å². The fourth-order valence-corrected chi connectivity index (χ4v) is 2.69. The molecule has 108 valence electrons. The fourth-order valence-electron chi connectivity index (χ4n) is 1.64. The van der Waals surface area contributed by atoms with Gasteiger partial charge in [-0.25, -0.2) is 13.1 Å². The lowest BCUT2D eigenvalue weighted by Crippen LogP contribution is -2.29. The number of benzene rings is 1. The Morgan fingerprint density at radius 3 is 2.16 bits per heavy atom. The molecule has 3 N–H and O–H groups in total. The first-order chi connectivity index (χ1) is 8.63. The maximum Gasteiger partial charge on any atom is 0.240 e. The first-order valence-corrected chi connectivity index (χ1v) is 7.97. The Hall–Kier alpha value is -0.910. The molecule has 0 heterocycles. The van der Waals surface area contributed by atoms with Crippen LogP contribution in [0.5, 0.6) is 0 Å². The summed E-state index contributed by atoms with van der Waals surface area (Å²) in [5.41, 5.74) is 6.72. The highest BCUT2D eigenvalue weighted by molar-refractivity contribution is 7.89. The molecule has 0 amide bonds. The van der Waals surface area contributed by atoms with Gasteiger partial charge in [-0.05, 0) is 36.5 Å². The van der Waals surface area contributed by atoms with E-state index in [1.807, 2.05) is 19.1 Å². The van der Waals surface area contributed by atoms with Crippen LogP contribution in [0.4, 0.5) is 0 Å². The van der Waals surface area contributed by atoms with Gasteiger partial charge in [0.1, 0.15) is 0 Å². The van der Waals surface area contributed by atoms with Crippen molar-refractivity contribution in [2.45, 2.75) is 50.5 Å². The molecule has 0 aliphatic rings. The van der Waals surface area contributed by atoms with Crippen molar-refractivity contribution < 1.29 is 8.42 Å². The lowest BCUT2D eigenvalue weighted by Gasteiger charge is -2.19.